The van der Waals surface area contributed by atoms with Gasteiger partial charge in [0.1, 0.15) is 0 Å². The Morgan fingerprint density at radius 2 is 2.00 bits per heavy atom. The predicted octanol–water partition coefficient (Wildman–Crippen LogP) is 4.49. The maximum absolute atomic E-state index is 7.49. The fourth-order valence-corrected chi connectivity index (χ4v) is 1.54. The normalized spacial score (nSPS) is 9.36. The fraction of sp³-hybridized carbons (Fsp3) is 0.222. The zero-order valence-corrected chi connectivity index (χ0v) is 12.2. The molecule has 0 spiro atoms. The molecule has 1 rings (SSSR count). The minimum absolute atomic E-state index is 0. The van der Waals surface area contributed by atoms with Gasteiger partial charge in [-0.15, -0.1) is 35.7 Å². The van der Waals surface area contributed by atoms with Gasteiger partial charge in [-0.1, -0.05) is 29.3 Å². The van der Waals surface area contributed by atoms with Crippen molar-refractivity contribution in [2.24, 2.45) is 0 Å². The standard InChI is InChI=1S/C9H9Cl2NS.HI/c1-13-9(12)5-6-2-3-7(10)8(11)4-6;/h2-4,12H,5H2,1H3;1H. The first-order valence-corrected chi connectivity index (χ1v) is 5.67. The Morgan fingerprint density at radius 3 is 2.50 bits per heavy atom. The van der Waals surface area contributed by atoms with Crippen LogP contribution in [0.2, 0.25) is 10.0 Å². The molecule has 78 valence electrons. The summed E-state index contributed by atoms with van der Waals surface area (Å²) in [6.07, 6.45) is 2.51. The molecule has 0 aliphatic carbocycles. The zero-order chi connectivity index (χ0) is 9.84. The van der Waals surface area contributed by atoms with Crippen LogP contribution in [0, 0.1) is 5.41 Å². The summed E-state index contributed by atoms with van der Waals surface area (Å²) in [6, 6.07) is 5.44. The molecule has 0 aromatic heterocycles. The molecule has 0 aliphatic heterocycles. The molecule has 14 heavy (non-hydrogen) atoms. The van der Waals surface area contributed by atoms with Gasteiger partial charge < -0.3 is 0 Å². The summed E-state index contributed by atoms with van der Waals surface area (Å²) in [5, 5.41) is 9.22. The van der Waals surface area contributed by atoms with Crippen molar-refractivity contribution in [1.29, 1.82) is 5.41 Å². The first-order valence-electron chi connectivity index (χ1n) is 3.69. The number of hydrogen-bond donors (Lipinski definition) is 1. The Kier molecular flexibility index (Phi) is 7.20. The molecule has 1 aromatic carbocycles. The SMILES string of the molecule is CSC(=N)Cc1ccc(Cl)c(Cl)c1.I. The summed E-state index contributed by atoms with van der Waals surface area (Å²) < 4.78 is 0. The van der Waals surface area contributed by atoms with E-state index in [1.54, 1.807) is 12.1 Å². The van der Waals surface area contributed by atoms with Crippen LogP contribution in [0.4, 0.5) is 0 Å². The number of hydrogen-bond acceptors (Lipinski definition) is 2. The fourth-order valence-electron chi connectivity index (χ4n) is 0.907. The summed E-state index contributed by atoms with van der Waals surface area (Å²) in [5.74, 6) is 0. The van der Waals surface area contributed by atoms with Crippen molar-refractivity contribution in [3.63, 3.8) is 0 Å². The number of nitrogens with one attached hydrogen (secondary N) is 1. The number of rotatable bonds is 2. The lowest BCUT2D eigenvalue weighted by molar-refractivity contribution is 1.32. The van der Waals surface area contributed by atoms with E-state index in [-0.39, 0.29) is 24.0 Å². The van der Waals surface area contributed by atoms with Crippen molar-refractivity contribution in [2.45, 2.75) is 6.42 Å². The van der Waals surface area contributed by atoms with Crippen LogP contribution >= 0.6 is 58.9 Å². The van der Waals surface area contributed by atoms with Crippen molar-refractivity contribution in [3.8, 4) is 0 Å². The molecule has 0 unspecified atom stereocenters. The number of halogens is 3. The molecule has 0 atom stereocenters. The molecule has 0 amide bonds. The molecular formula is C9H10Cl2INS. The van der Waals surface area contributed by atoms with Gasteiger partial charge in [0.25, 0.3) is 0 Å². The lowest BCUT2D eigenvalue weighted by Crippen LogP contribution is -1.95. The number of benzene rings is 1. The molecule has 0 heterocycles. The second kappa shape index (κ2) is 6.93. The third-order valence-corrected chi connectivity index (χ3v) is 2.97. The first-order chi connectivity index (χ1) is 6.13. The van der Waals surface area contributed by atoms with E-state index in [2.05, 4.69) is 0 Å². The van der Waals surface area contributed by atoms with Crippen LogP contribution in [0.5, 0.6) is 0 Å². The van der Waals surface area contributed by atoms with Gasteiger partial charge in [0, 0.05) is 6.42 Å². The van der Waals surface area contributed by atoms with Crippen LogP contribution in [0.3, 0.4) is 0 Å². The Balaban J connectivity index is 0.00000169. The zero-order valence-electron chi connectivity index (χ0n) is 7.51. The Bertz CT molecular complexity index is 331. The summed E-state index contributed by atoms with van der Waals surface area (Å²) >= 11 is 13.0. The van der Waals surface area contributed by atoms with Gasteiger partial charge in [-0.3, -0.25) is 5.41 Å². The second-order valence-corrected chi connectivity index (χ2v) is 4.27. The van der Waals surface area contributed by atoms with Gasteiger partial charge in [-0.25, -0.2) is 0 Å². The summed E-state index contributed by atoms with van der Waals surface area (Å²) in [7, 11) is 0. The molecule has 5 heteroatoms. The van der Waals surface area contributed by atoms with E-state index in [1.165, 1.54) is 11.8 Å². The Hall–Kier alpha value is 0.550. The van der Waals surface area contributed by atoms with E-state index >= 15 is 0 Å². The molecule has 0 fully saturated rings. The van der Waals surface area contributed by atoms with Crippen molar-refractivity contribution in [1.82, 2.24) is 0 Å². The average molecular weight is 362 g/mol. The van der Waals surface area contributed by atoms with E-state index in [0.29, 0.717) is 21.5 Å². The van der Waals surface area contributed by atoms with Gasteiger partial charge >= 0.3 is 0 Å². The molecule has 0 saturated carbocycles. The minimum atomic E-state index is 0. The summed E-state index contributed by atoms with van der Waals surface area (Å²) in [6.45, 7) is 0. The van der Waals surface area contributed by atoms with Crippen molar-refractivity contribution in [2.75, 3.05) is 6.26 Å². The van der Waals surface area contributed by atoms with Crippen LogP contribution in [-0.2, 0) is 6.42 Å². The molecule has 0 radical (unpaired) electrons. The second-order valence-electron chi connectivity index (χ2n) is 2.55. The van der Waals surface area contributed by atoms with Crippen LogP contribution < -0.4 is 0 Å². The largest absolute Gasteiger partial charge is 0.298 e. The average Bonchev–Trinajstić information content (AvgIpc) is 2.11. The minimum Gasteiger partial charge on any atom is -0.298 e. The van der Waals surface area contributed by atoms with E-state index < -0.39 is 0 Å². The Morgan fingerprint density at radius 1 is 1.36 bits per heavy atom. The van der Waals surface area contributed by atoms with Gasteiger partial charge in [-0.2, -0.15) is 0 Å². The van der Waals surface area contributed by atoms with Crippen molar-refractivity contribution in [3.05, 3.63) is 33.8 Å². The third-order valence-electron chi connectivity index (χ3n) is 1.60. The Labute approximate surface area is 115 Å². The van der Waals surface area contributed by atoms with E-state index in [1.807, 2.05) is 12.3 Å². The van der Waals surface area contributed by atoms with Gasteiger partial charge in [0.15, 0.2) is 0 Å². The monoisotopic (exact) mass is 361 g/mol. The number of thioether (sulfide) groups is 1. The summed E-state index contributed by atoms with van der Waals surface area (Å²) in [4.78, 5) is 0. The van der Waals surface area contributed by atoms with Gasteiger partial charge in [0.05, 0.1) is 15.1 Å². The van der Waals surface area contributed by atoms with E-state index in [9.17, 15) is 0 Å². The first kappa shape index (κ1) is 14.6. The summed E-state index contributed by atoms with van der Waals surface area (Å²) in [5.41, 5.74) is 1.02. The molecular weight excluding hydrogens is 352 g/mol. The molecule has 1 N–H and O–H groups in total. The molecule has 1 nitrogen and oxygen atoms in total. The highest BCUT2D eigenvalue weighted by atomic mass is 127. The van der Waals surface area contributed by atoms with Crippen LogP contribution in [-0.4, -0.2) is 11.3 Å². The highest BCUT2D eigenvalue weighted by Crippen LogP contribution is 2.23. The maximum Gasteiger partial charge on any atom is 0.0682 e. The molecule has 0 bridgehead atoms. The highest BCUT2D eigenvalue weighted by Gasteiger charge is 2.01. The predicted molar refractivity (Wildman–Crippen MR) is 76.8 cm³/mol. The van der Waals surface area contributed by atoms with E-state index in [4.69, 9.17) is 28.6 Å². The van der Waals surface area contributed by atoms with Crippen molar-refractivity contribution >= 4 is 64.0 Å². The van der Waals surface area contributed by atoms with Gasteiger partial charge in [-0.05, 0) is 24.0 Å². The molecule has 0 saturated heterocycles. The van der Waals surface area contributed by atoms with Crippen LogP contribution in [0.15, 0.2) is 18.2 Å². The van der Waals surface area contributed by atoms with Crippen LogP contribution in [0.25, 0.3) is 0 Å². The van der Waals surface area contributed by atoms with E-state index in [0.717, 1.165) is 5.56 Å². The lowest BCUT2D eigenvalue weighted by Gasteiger charge is -2.02. The lowest BCUT2D eigenvalue weighted by atomic mass is 10.2. The van der Waals surface area contributed by atoms with Gasteiger partial charge in [0.2, 0.25) is 0 Å². The van der Waals surface area contributed by atoms with Crippen LogP contribution in [0.1, 0.15) is 5.56 Å². The van der Waals surface area contributed by atoms with Crippen molar-refractivity contribution < 1.29 is 0 Å². The topological polar surface area (TPSA) is 23.9 Å². The highest BCUT2D eigenvalue weighted by molar-refractivity contribution is 14.0. The maximum atomic E-state index is 7.49. The molecule has 0 aliphatic rings. The molecule has 1 aromatic rings. The smallest absolute Gasteiger partial charge is 0.0682 e. The quantitative estimate of drug-likeness (QED) is 0.468. The third kappa shape index (κ3) is 4.38.